The maximum Gasteiger partial charge on any atom is 0.222 e. The van der Waals surface area contributed by atoms with E-state index in [1.807, 2.05) is 18.7 Å². The van der Waals surface area contributed by atoms with Gasteiger partial charge in [-0.05, 0) is 6.92 Å². The summed E-state index contributed by atoms with van der Waals surface area (Å²) in [6.07, 6.45) is 3.84. The summed E-state index contributed by atoms with van der Waals surface area (Å²) in [4.78, 5) is 11.5. The van der Waals surface area contributed by atoms with Gasteiger partial charge in [0.05, 0.1) is 18.4 Å². The Labute approximate surface area is 105 Å². The number of carbonyl (C=O) groups excluding carboxylic acids is 1. The van der Waals surface area contributed by atoms with E-state index in [2.05, 4.69) is 22.1 Å². The molecule has 0 radical (unpaired) electrons. The molecule has 0 atom stereocenters. The first-order valence-electron chi connectivity index (χ1n) is 5.86. The van der Waals surface area contributed by atoms with Gasteiger partial charge in [-0.3, -0.25) is 14.2 Å². The highest BCUT2D eigenvalue weighted by molar-refractivity contribution is 5.78. The topological polar surface area (TPSA) is 64.7 Å². The van der Waals surface area contributed by atoms with Crippen molar-refractivity contribution in [1.29, 1.82) is 0 Å². The second-order valence-corrected chi connectivity index (χ2v) is 4.15. The second-order valence-electron chi connectivity index (χ2n) is 4.15. The van der Waals surface area contributed by atoms with Crippen LogP contribution in [0.2, 0.25) is 0 Å². The van der Waals surface area contributed by atoms with E-state index >= 15 is 0 Å². The number of rotatable bonds is 5. The molecule has 0 saturated carbocycles. The Hall–Kier alpha value is -2.11. The first kappa shape index (κ1) is 12.3. The predicted molar refractivity (Wildman–Crippen MR) is 69.1 cm³/mol. The van der Waals surface area contributed by atoms with Gasteiger partial charge in [-0.2, -0.15) is 10.2 Å². The lowest BCUT2D eigenvalue weighted by Crippen LogP contribution is -2.24. The van der Waals surface area contributed by atoms with Gasteiger partial charge in [0.15, 0.2) is 0 Å². The lowest BCUT2D eigenvalue weighted by atomic mass is 10.3. The van der Waals surface area contributed by atoms with Crippen LogP contribution in [-0.2, 0) is 18.4 Å². The molecule has 0 saturated heterocycles. The number of hydrogen-bond acceptors (Lipinski definition) is 3. The van der Waals surface area contributed by atoms with E-state index in [4.69, 9.17) is 0 Å². The Kier molecular flexibility index (Phi) is 3.45. The molecule has 6 heteroatoms. The molecule has 0 aromatic carbocycles. The molecule has 0 unspecified atom stereocenters. The lowest BCUT2D eigenvalue weighted by molar-refractivity contribution is -0.121. The largest absolute Gasteiger partial charge is 0.353 e. The van der Waals surface area contributed by atoms with E-state index in [1.54, 1.807) is 17.0 Å². The van der Waals surface area contributed by atoms with Crippen molar-refractivity contribution in [3.8, 4) is 0 Å². The average molecular weight is 247 g/mol. The smallest absolute Gasteiger partial charge is 0.222 e. The maximum absolute atomic E-state index is 11.5. The second kappa shape index (κ2) is 5.03. The molecule has 2 aromatic rings. The molecule has 6 nitrogen and oxygen atoms in total. The van der Waals surface area contributed by atoms with Crippen LogP contribution >= 0.6 is 0 Å². The summed E-state index contributed by atoms with van der Waals surface area (Å²) in [5.41, 5.74) is 2.91. The number of carbonyl (C=O) groups is 1. The van der Waals surface area contributed by atoms with Crippen molar-refractivity contribution in [2.45, 2.75) is 19.9 Å². The number of nitrogens with one attached hydrogen (secondary N) is 1. The Balaban J connectivity index is 2.08. The number of fused-ring (bicyclic) bond motifs is 1. The van der Waals surface area contributed by atoms with Crippen LogP contribution in [0, 0.1) is 6.92 Å². The zero-order valence-electron chi connectivity index (χ0n) is 10.7. The fourth-order valence-corrected chi connectivity index (χ4v) is 1.96. The van der Waals surface area contributed by atoms with Gasteiger partial charge >= 0.3 is 0 Å². The van der Waals surface area contributed by atoms with E-state index in [0.717, 1.165) is 16.7 Å². The van der Waals surface area contributed by atoms with Crippen LogP contribution in [0.15, 0.2) is 18.9 Å². The fourth-order valence-electron chi connectivity index (χ4n) is 1.96. The van der Waals surface area contributed by atoms with E-state index < -0.39 is 0 Å². The van der Waals surface area contributed by atoms with Crippen LogP contribution in [0.5, 0.6) is 0 Å². The third-order valence-electron chi connectivity index (χ3n) is 2.81. The number of nitrogens with zero attached hydrogens (tertiary/aromatic N) is 4. The summed E-state index contributed by atoms with van der Waals surface area (Å²) in [5.74, 6) is 0.0000865. The molecule has 2 heterocycles. The molecular formula is C12H17N5O. The first-order chi connectivity index (χ1) is 8.63. The van der Waals surface area contributed by atoms with E-state index in [0.29, 0.717) is 19.5 Å². The molecule has 0 aliphatic heterocycles. The van der Waals surface area contributed by atoms with E-state index in [9.17, 15) is 4.79 Å². The Bertz CT molecular complexity index is 581. The molecule has 1 N–H and O–H groups in total. The third-order valence-corrected chi connectivity index (χ3v) is 2.81. The van der Waals surface area contributed by atoms with E-state index in [1.165, 1.54) is 0 Å². The van der Waals surface area contributed by atoms with Crippen molar-refractivity contribution in [3.63, 3.8) is 0 Å². The monoisotopic (exact) mass is 247 g/mol. The minimum atomic E-state index is 0.0000865. The molecule has 0 bridgehead atoms. The Morgan fingerprint density at radius 2 is 2.39 bits per heavy atom. The van der Waals surface area contributed by atoms with Gasteiger partial charge in [0.2, 0.25) is 5.91 Å². The molecule has 2 aromatic heterocycles. The number of aromatic nitrogens is 4. The molecule has 2 rings (SSSR count). The van der Waals surface area contributed by atoms with Crippen LogP contribution in [0.1, 0.15) is 12.1 Å². The van der Waals surface area contributed by atoms with Crippen molar-refractivity contribution in [2.75, 3.05) is 6.54 Å². The normalized spacial score (nSPS) is 10.8. The van der Waals surface area contributed by atoms with Crippen LogP contribution in [0.3, 0.4) is 0 Å². The highest BCUT2D eigenvalue weighted by Gasteiger charge is 2.12. The van der Waals surface area contributed by atoms with Gasteiger partial charge in [0.1, 0.15) is 11.0 Å². The predicted octanol–water partition coefficient (Wildman–Crippen LogP) is 0.771. The standard InChI is InChI=1S/C12H17N5O/c1-4-6-13-11(18)5-7-17-12-9(2)15-16(3)10(12)8-14-17/h4,8H,1,5-7H2,2-3H3,(H,13,18). The lowest BCUT2D eigenvalue weighted by Gasteiger charge is -2.03. The summed E-state index contributed by atoms with van der Waals surface area (Å²) in [7, 11) is 1.89. The zero-order valence-corrected chi connectivity index (χ0v) is 10.7. The van der Waals surface area contributed by atoms with Crippen molar-refractivity contribution in [2.24, 2.45) is 7.05 Å². The molecule has 0 aliphatic carbocycles. The third kappa shape index (κ3) is 2.27. The van der Waals surface area contributed by atoms with Gasteiger partial charge in [0, 0.05) is 20.0 Å². The first-order valence-corrected chi connectivity index (χ1v) is 5.86. The molecule has 18 heavy (non-hydrogen) atoms. The average Bonchev–Trinajstić information content (AvgIpc) is 2.87. The Morgan fingerprint density at radius 3 is 3.11 bits per heavy atom. The van der Waals surface area contributed by atoms with Crippen molar-refractivity contribution in [3.05, 3.63) is 24.5 Å². The summed E-state index contributed by atoms with van der Waals surface area (Å²) in [5, 5.41) is 11.4. The summed E-state index contributed by atoms with van der Waals surface area (Å²) in [6, 6.07) is 0. The van der Waals surface area contributed by atoms with Crippen LogP contribution in [-0.4, -0.2) is 32.0 Å². The van der Waals surface area contributed by atoms with Gasteiger partial charge in [-0.15, -0.1) is 6.58 Å². The van der Waals surface area contributed by atoms with Crippen molar-refractivity contribution < 1.29 is 4.79 Å². The van der Waals surface area contributed by atoms with Crippen molar-refractivity contribution in [1.82, 2.24) is 24.9 Å². The number of hydrogen-bond donors (Lipinski definition) is 1. The molecule has 0 aliphatic rings. The molecular weight excluding hydrogens is 230 g/mol. The molecule has 0 spiro atoms. The summed E-state index contributed by atoms with van der Waals surface area (Å²) in [6.45, 7) is 6.55. The Morgan fingerprint density at radius 1 is 1.61 bits per heavy atom. The fraction of sp³-hybridized carbons (Fsp3) is 0.417. The SMILES string of the molecule is C=CCNC(=O)CCn1ncc2c1c(C)nn2C. The van der Waals surface area contributed by atoms with Gasteiger partial charge in [0.25, 0.3) is 0 Å². The van der Waals surface area contributed by atoms with Crippen LogP contribution < -0.4 is 5.32 Å². The minimum Gasteiger partial charge on any atom is -0.353 e. The minimum absolute atomic E-state index is 0.0000865. The van der Waals surface area contributed by atoms with Gasteiger partial charge < -0.3 is 5.32 Å². The molecule has 0 fully saturated rings. The van der Waals surface area contributed by atoms with E-state index in [-0.39, 0.29) is 5.91 Å². The molecule has 96 valence electrons. The van der Waals surface area contributed by atoms with Crippen LogP contribution in [0.25, 0.3) is 11.0 Å². The van der Waals surface area contributed by atoms with Crippen LogP contribution in [0.4, 0.5) is 0 Å². The van der Waals surface area contributed by atoms with Gasteiger partial charge in [-0.1, -0.05) is 6.08 Å². The summed E-state index contributed by atoms with van der Waals surface area (Å²) >= 11 is 0. The quantitative estimate of drug-likeness (QED) is 0.794. The highest BCUT2D eigenvalue weighted by atomic mass is 16.1. The zero-order chi connectivity index (χ0) is 13.1. The maximum atomic E-state index is 11.5. The number of amides is 1. The number of aryl methyl sites for hydroxylation is 3. The van der Waals surface area contributed by atoms with Crippen molar-refractivity contribution >= 4 is 16.9 Å². The summed E-state index contributed by atoms with van der Waals surface area (Å²) < 4.78 is 3.62. The molecule has 1 amide bonds. The highest BCUT2D eigenvalue weighted by Crippen LogP contribution is 2.16. The van der Waals surface area contributed by atoms with Gasteiger partial charge in [-0.25, -0.2) is 0 Å².